The Kier molecular flexibility index (Phi) is 5.54. The van der Waals surface area contributed by atoms with Crippen LogP contribution in [0.1, 0.15) is 44.9 Å². The second-order valence-corrected chi connectivity index (χ2v) is 6.26. The van der Waals surface area contributed by atoms with Gasteiger partial charge in [0, 0.05) is 6.04 Å². The van der Waals surface area contributed by atoms with Gasteiger partial charge in [0.25, 0.3) is 0 Å². The number of imide groups is 1. The molecule has 1 N–H and O–H groups in total. The van der Waals surface area contributed by atoms with Gasteiger partial charge < -0.3 is 10.2 Å². The number of hydrogen-bond donors (Lipinski definition) is 1. The number of carbonyl (C=O) groups is 2. The van der Waals surface area contributed by atoms with E-state index in [1.54, 1.807) is 4.90 Å². The minimum atomic E-state index is -0.276. The summed E-state index contributed by atoms with van der Waals surface area (Å²) < 4.78 is 0. The molecule has 1 heterocycles. The Morgan fingerprint density at radius 2 is 1.90 bits per heavy atom. The van der Waals surface area contributed by atoms with Gasteiger partial charge in [0.1, 0.15) is 0 Å². The molecule has 1 aliphatic heterocycles. The van der Waals surface area contributed by atoms with E-state index >= 15 is 0 Å². The molecule has 114 valence electrons. The first kappa shape index (κ1) is 15.4. The maximum Gasteiger partial charge on any atom is 0.247 e. The first-order valence-corrected chi connectivity index (χ1v) is 7.83. The third-order valence-corrected chi connectivity index (χ3v) is 4.30. The number of unbranched alkanes of at least 4 members (excludes halogenated alkanes) is 1. The first-order valence-electron chi connectivity index (χ1n) is 7.83. The summed E-state index contributed by atoms with van der Waals surface area (Å²) in [5.41, 5.74) is 0. The van der Waals surface area contributed by atoms with Crippen LogP contribution in [-0.2, 0) is 9.59 Å². The van der Waals surface area contributed by atoms with E-state index in [0.717, 1.165) is 51.6 Å². The van der Waals surface area contributed by atoms with E-state index in [1.807, 2.05) is 0 Å². The van der Waals surface area contributed by atoms with Gasteiger partial charge in [0.05, 0.1) is 12.5 Å². The molecule has 2 fully saturated rings. The number of nitrogens with one attached hydrogen (secondary N) is 1. The van der Waals surface area contributed by atoms with Crippen molar-refractivity contribution < 1.29 is 9.59 Å². The van der Waals surface area contributed by atoms with Gasteiger partial charge in [-0.25, -0.2) is 0 Å². The van der Waals surface area contributed by atoms with Gasteiger partial charge in [0.15, 0.2) is 0 Å². The van der Waals surface area contributed by atoms with Crippen molar-refractivity contribution in [1.82, 2.24) is 15.1 Å². The normalized spacial score (nSPS) is 24.4. The van der Waals surface area contributed by atoms with Gasteiger partial charge in [-0.3, -0.25) is 14.5 Å². The third-order valence-electron chi connectivity index (χ3n) is 4.30. The topological polar surface area (TPSA) is 52.7 Å². The molecular formula is C15H27N3O2. The van der Waals surface area contributed by atoms with E-state index in [1.165, 1.54) is 0 Å². The van der Waals surface area contributed by atoms with Gasteiger partial charge in [-0.1, -0.05) is 12.8 Å². The van der Waals surface area contributed by atoms with Crippen molar-refractivity contribution >= 4 is 11.8 Å². The highest BCUT2D eigenvalue weighted by Gasteiger charge is 2.42. The Morgan fingerprint density at radius 1 is 1.20 bits per heavy atom. The molecule has 1 unspecified atom stereocenters. The summed E-state index contributed by atoms with van der Waals surface area (Å²) in [4.78, 5) is 28.0. The summed E-state index contributed by atoms with van der Waals surface area (Å²) in [5.74, 6) is 0.0298. The van der Waals surface area contributed by atoms with Crippen LogP contribution in [0.4, 0.5) is 0 Å². The van der Waals surface area contributed by atoms with Crippen LogP contribution in [-0.4, -0.2) is 60.9 Å². The molecule has 1 saturated carbocycles. The van der Waals surface area contributed by atoms with E-state index in [9.17, 15) is 9.59 Å². The van der Waals surface area contributed by atoms with Crippen molar-refractivity contribution in [2.75, 3.05) is 27.2 Å². The van der Waals surface area contributed by atoms with Gasteiger partial charge in [-0.2, -0.15) is 0 Å². The zero-order valence-corrected chi connectivity index (χ0v) is 12.7. The second-order valence-electron chi connectivity index (χ2n) is 6.26. The highest BCUT2D eigenvalue weighted by molar-refractivity contribution is 6.05. The molecule has 0 aromatic carbocycles. The molecule has 0 radical (unpaired) electrons. The molecule has 0 spiro atoms. The Balaban J connectivity index is 1.73. The number of amides is 2. The maximum atomic E-state index is 12.3. The van der Waals surface area contributed by atoms with E-state index in [2.05, 4.69) is 24.3 Å². The summed E-state index contributed by atoms with van der Waals surface area (Å²) in [5, 5.41) is 3.26. The molecule has 20 heavy (non-hydrogen) atoms. The fourth-order valence-electron chi connectivity index (χ4n) is 3.19. The number of likely N-dealkylation sites (tertiary alicyclic amines) is 1. The molecule has 0 bridgehead atoms. The lowest BCUT2D eigenvalue weighted by atomic mass is 10.2. The van der Waals surface area contributed by atoms with Crippen molar-refractivity contribution in [3.63, 3.8) is 0 Å². The largest absolute Gasteiger partial charge is 0.309 e. The van der Waals surface area contributed by atoms with Crippen LogP contribution < -0.4 is 5.32 Å². The van der Waals surface area contributed by atoms with Crippen molar-refractivity contribution in [1.29, 1.82) is 0 Å². The van der Waals surface area contributed by atoms with Crippen molar-refractivity contribution in [2.24, 2.45) is 0 Å². The van der Waals surface area contributed by atoms with Crippen LogP contribution in [0.3, 0.4) is 0 Å². The Morgan fingerprint density at radius 3 is 2.55 bits per heavy atom. The Bertz CT molecular complexity index is 351. The van der Waals surface area contributed by atoms with Crippen LogP contribution in [0.5, 0.6) is 0 Å². The summed E-state index contributed by atoms with van der Waals surface area (Å²) in [6.45, 7) is 1.88. The molecular weight excluding hydrogens is 254 g/mol. The number of rotatable bonds is 7. The van der Waals surface area contributed by atoms with Crippen LogP contribution in [0.15, 0.2) is 0 Å². The quantitative estimate of drug-likeness (QED) is 0.558. The fourth-order valence-corrected chi connectivity index (χ4v) is 3.19. The van der Waals surface area contributed by atoms with Crippen molar-refractivity contribution in [3.8, 4) is 0 Å². The highest BCUT2D eigenvalue weighted by atomic mass is 16.2. The molecule has 1 aliphatic carbocycles. The minimum absolute atomic E-state index is 0.00881. The zero-order valence-electron chi connectivity index (χ0n) is 12.7. The highest BCUT2D eigenvalue weighted by Crippen LogP contribution is 2.28. The fraction of sp³-hybridized carbons (Fsp3) is 0.867. The Hall–Kier alpha value is -0.940. The first-order chi connectivity index (χ1) is 9.59. The molecule has 2 amide bonds. The molecule has 1 saturated heterocycles. The predicted molar refractivity (Wildman–Crippen MR) is 78.3 cm³/mol. The van der Waals surface area contributed by atoms with E-state index < -0.39 is 0 Å². The average molecular weight is 281 g/mol. The average Bonchev–Trinajstić information content (AvgIpc) is 2.98. The number of hydrogen-bond acceptors (Lipinski definition) is 4. The lowest BCUT2D eigenvalue weighted by Crippen LogP contribution is -2.43. The summed E-state index contributed by atoms with van der Waals surface area (Å²) in [6.07, 6.45) is 6.78. The van der Waals surface area contributed by atoms with Gasteiger partial charge in [0.2, 0.25) is 11.8 Å². The molecule has 1 atom stereocenters. The van der Waals surface area contributed by atoms with Gasteiger partial charge in [-0.05, 0) is 52.9 Å². The van der Waals surface area contributed by atoms with Crippen LogP contribution >= 0.6 is 0 Å². The van der Waals surface area contributed by atoms with Crippen LogP contribution in [0.2, 0.25) is 0 Å². The van der Waals surface area contributed by atoms with Crippen LogP contribution in [0.25, 0.3) is 0 Å². The summed E-state index contributed by atoms with van der Waals surface area (Å²) in [7, 11) is 4.12. The second kappa shape index (κ2) is 7.18. The van der Waals surface area contributed by atoms with Gasteiger partial charge >= 0.3 is 0 Å². The van der Waals surface area contributed by atoms with Gasteiger partial charge in [-0.15, -0.1) is 0 Å². The monoisotopic (exact) mass is 281 g/mol. The molecule has 5 heteroatoms. The Labute approximate surface area is 121 Å². The minimum Gasteiger partial charge on any atom is -0.309 e. The lowest BCUT2D eigenvalue weighted by molar-refractivity contribution is -0.141. The number of nitrogens with zero attached hydrogens (tertiary/aromatic N) is 2. The van der Waals surface area contributed by atoms with E-state index in [-0.39, 0.29) is 23.9 Å². The third kappa shape index (κ3) is 3.79. The van der Waals surface area contributed by atoms with Crippen LogP contribution in [0, 0.1) is 0 Å². The smallest absolute Gasteiger partial charge is 0.247 e. The molecule has 0 aromatic heterocycles. The molecule has 2 rings (SSSR count). The standard InChI is InChI=1S/C15H27N3O2/c1-17(2)10-6-5-9-16-13-11-14(19)18(15(13)20)12-7-3-4-8-12/h12-13,16H,3-11H2,1-2H3. The van der Waals surface area contributed by atoms with E-state index in [0.29, 0.717) is 6.42 Å². The van der Waals surface area contributed by atoms with Crippen molar-refractivity contribution in [2.45, 2.75) is 57.0 Å². The molecule has 2 aliphatic rings. The summed E-state index contributed by atoms with van der Waals surface area (Å²) >= 11 is 0. The van der Waals surface area contributed by atoms with E-state index in [4.69, 9.17) is 0 Å². The number of carbonyl (C=O) groups excluding carboxylic acids is 2. The molecule has 0 aromatic rings. The predicted octanol–water partition coefficient (Wildman–Crippen LogP) is 0.988. The SMILES string of the molecule is CN(C)CCCCNC1CC(=O)N(C2CCCC2)C1=O. The maximum absolute atomic E-state index is 12.3. The lowest BCUT2D eigenvalue weighted by Gasteiger charge is -2.22. The molecule has 5 nitrogen and oxygen atoms in total. The van der Waals surface area contributed by atoms with Crippen molar-refractivity contribution in [3.05, 3.63) is 0 Å². The zero-order chi connectivity index (χ0) is 14.5. The summed E-state index contributed by atoms with van der Waals surface area (Å²) in [6, 6.07) is -0.0991.